The van der Waals surface area contributed by atoms with Crippen LogP contribution in [0.15, 0.2) is 84.9 Å². The molecule has 0 saturated heterocycles. The average Bonchev–Trinajstić information content (AvgIpc) is 2.87. The Bertz CT molecular complexity index is 1410. The number of carbonyl (C=O) groups excluding carboxylic acids is 1. The van der Waals surface area contributed by atoms with Crippen LogP contribution in [0.2, 0.25) is 0 Å². The normalized spacial score (nSPS) is 11.0. The molecule has 4 aromatic rings. The van der Waals surface area contributed by atoms with E-state index in [4.69, 9.17) is 9.47 Å². The zero-order valence-corrected chi connectivity index (χ0v) is 19.7. The predicted molar refractivity (Wildman–Crippen MR) is 134 cm³/mol. The Balaban J connectivity index is 1.52. The number of carbonyl (C=O) groups is 1. The molecule has 0 N–H and O–H groups in total. The topological polar surface area (TPSA) is 35.5 Å². The van der Waals surface area contributed by atoms with Gasteiger partial charge in [-0.1, -0.05) is 60.7 Å². The van der Waals surface area contributed by atoms with Gasteiger partial charge in [0.15, 0.2) is 11.6 Å². The van der Waals surface area contributed by atoms with Crippen molar-refractivity contribution < 1.29 is 27.4 Å². The van der Waals surface area contributed by atoms with Gasteiger partial charge in [0.05, 0.1) is 12.2 Å². The van der Waals surface area contributed by atoms with Gasteiger partial charge >= 0.3 is 5.97 Å². The van der Waals surface area contributed by atoms with E-state index in [2.05, 4.69) is 0 Å². The van der Waals surface area contributed by atoms with Crippen LogP contribution < -0.4 is 9.47 Å². The highest BCUT2D eigenvalue weighted by atomic mass is 19.2. The van der Waals surface area contributed by atoms with E-state index in [-0.39, 0.29) is 22.4 Å². The van der Waals surface area contributed by atoms with Crippen LogP contribution >= 0.6 is 0 Å². The zero-order chi connectivity index (χ0) is 25.7. The Kier molecular flexibility index (Phi) is 7.54. The molecule has 0 heterocycles. The maximum atomic E-state index is 15.0. The fourth-order valence-electron chi connectivity index (χ4n) is 3.74. The number of esters is 1. The van der Waals surface area contributed by atoms with E-state index >= 15 is 0 Å². The predicted octanol–water partition coefficient (Wildman–Crippen LogP) is 8.09. The smallest absolute Gasteiger partial charge is 0.346 e. The van der Waals surface area contributed by atoms with Crippen molar-refractivity contribution in [2.75, 3.05) is 6.61 Å². The molecule has 182 valence electrons. The standard InChI is InChI=1S/C30H23F3O3/c1-3-5-19-6-8-20(9-7-19)24-16-17-25(29(33)28(24)32)21-10-12-22(13-11-21)36-30(34)26-15-14-23(35-4-2)18-27(26)31/h3,5-18H,4H2,1-2H3. The fourth-order valence-corrected chi connectivity index (χ4v) is 3.74. The van der Waals surface area contributed by atoms with Crippen molar-refractivity contribution in [1.82, 2.24) is 0 Å². The molecule has 0 radical (unpaired) electrons. The van der Waals surface area contributed by atoms with Gasteiger partial charge in [0, 0.05) is 17.2 Å². The number of hydrogen-bond acceptors (Lipinski definition) is 3. The number of rotatable bonds is 7. The number of halogens is 3. The molecule has 0 fully saturated rings. The van der Waals surface area contributed by atoms with Crippen LogP contribution in [0.4, 0.5) is 13.2 Å². The molecule has 0 aliphatic carbocycles. The summed E-state index contributed by atoms with van der Waals surface area (Å²) in [5.41, 5.74) is 1.90. The molecular weight excluding hydrogens is 465 g/mol. The average molecular weight is 489 g/mol. The van der Waals surface area contributed by atoms with E-state index in [1.165, 1.54) is 48.5 Å². The molecule has 4 rings (SSSR count). The summed E-state index contributed by atoms with van der Waals surface area (Å²) < 4.78 is 54.6. The summed E-state index contributed by atoms with van der Waals surface area (Å²) in [6, 6.07) is 19.9. The molecule has 6 heteroatoms. The van der Waals surface area contributed by atoms with Crippen LogP contribution in [-0.2, 0) is 0 Å². The van der Waals surface area contributed by atoms with Gasteiger partial charge in [-0.3, -0.25) is 0 Å². The molecule has 0 aromatic heterocycles. The highest BCUT2D eigenvalue weighted by Gasteiger charge is 2.18. The van der Waals surface area contributed by atoms with Crippen molar-refractivity contribution in [2.24, 2.45) is 0 Å². The van der Waals surface area contributed by atoms with Gasteiger partial charge in [0.1, 0.15) is 17.3 Å². The molecular formula is C30H23F3O3. The second-order valence-corrected chi connectivity index (χ2v) is 7.90. The Labute approximate surface area is 207 Å². The molecule has 4 aromatic carbocycles. The number of ether oxygens (including phenoxy) is 2. The van der Waals surface area contributed by atoms with E-state index < -0.39 is 23.4 Å². The summed E-state index contributed by atoms with van der Waals surface area (Å²) in [5.74, 6) is -3.14. The van der Waals surface area contributed by atoms with Crippen LogP contribution in [0, 0.1) is 17.5 Å². The molecule has 0 atom stereocenters. The van der Waals surface area contributed by atoms with E-state index in [1.807, 2.05) is 31.2 Å². The first-order chi connectivity index (χ1) is 17.4. The van der Waals surface area contributed by atoms with Gasteiger partial charge in [0.25, 0.3) is 0 Å². The summed E-state index contributed by atoms with van der Waals surface area (Å²) in [7, 11) is 0. The molecule has 0 amide bonds. The van der Waals surface area contributed by atoms with Crippen LogP contribution in [-0.4, -0.2) is 12.6 Å². The van der Waals surface area contributed by atoms with E-state index in [0.717, 1.165) is 11.6 Å². The quantitative estimate of drug-likeness (QED) is 0.195. The number of allylic oxidation sites excluding steroid dienone is 1. The Morgan fingerprint density at radius 1 is 0.778 bits per heavy atom. The lowest BCUT2D eigenvalue weighted by Gasteiger charge is -2.11. The maximum Gasteiger partial charge on any atom is 0.346 e. The Hall–Kier alpha value is -4.32. The molecule has 0 aliphatic rings. The second kappa shape index (κ2) is 11.0. The highest BCUT2D eigenvalue weighted by Crippen LogP contribution is 2.32. The van der Waals surface area contributed by atoms with Gasteiger partial charge in [-0.25, -0.2) is 18.0 Å². The molecule has 0 saturated carbocycles. The van der Waals surface area contributed by atoms with Crippen molar-refractivity contribution >= 4 is 12.0 Å². The van der Waals surface area contributed by atoms with Crippen LogP contribution in [0.25, 0.3) is 28.3 Å². The lowest BCUT2D eigenvalue weighted by molar-refractivity contribution is 0.0730. The zero-order valence-electron chi connectivity index (χ0n) is 19.7. The molecule has 36 heavy (non-hydrogen) atoms. The molecule has 0 unspecified atom stereocenters. The molecule has 0 aliphatic heterocycles. The first kappa shape index (κ1) is 24.8. The third-order valence-electron chi connectivity index (χ3n) is 5.51. The Morgan fingerprint density at radius 3 is 1.86 bits per heavy atom. The van der Waals surface area contributed by atoms with Crippen molar-refractivity contribution in [2.45, 2.75) is 13.8 Å². The van der Waals surface area contributed by atoms with Crippen molar-refractivity contribution in [3.05, 3.63) is 114 Å². The third kappa shape index (κ3) is 5.33. The lowest BCUT2D eigenvalue weighted by atomic mass is 9.98. The maximum absolute atomic E-state index is 15.0. The number of hydrogen-bond donors (Lipinski definition) is 0. The fraction of sp³-hybridized carbons (Fsp3) is 0.100. The molecule has 0 bridgehead atoms. The minimum atomic E-state index is -0.980. The largest absolute Gasteiger partial charge is 0.494 e. The molecule has 3 nitrogen and oxygen atoms in total. The number of benzene rings is 4. The minimum Gasteiger partial charge on any atom is -0.494 e. The summed E-state index contributed by atoms with van der Waals surface area (Å²) in [6.45, 7) is 4.04. The summed E-state index contributed by atoms with van der Waals surface area (Å²) in [6.07, 6.45) is 3.81. The highest BCUT2D eigenvalue weighted by molar-refractivity contribution is 5.91. The summed E-state index contributed by atoms with van der Waals surface area (Å²) in [5, 5.41) is 0. The van der Waals surface area contributed by atoms with Gasteiger partial charge in [-0.15, -0.1) is 0 Å². The van der Waals surface area contributed by atoms with E-state index in [1.54, 1.807) is 19.1 Å². The minimum absolute atomic E-state index is 0.0669. The van der Waals surface area contributed by atoms with Crippen molar-refractivity contribution in [3.8, 4) is 33.8 Å². The van der Waals surface area contributed by atoms with E-state index in [9.17, 15) is 18.0 Å². The van der Waals surface area contributed by atoms with Crippen molar-refractivity contribution in [3.63, 3.8) is 0 Å². The molecule has 0 spiro atoms. The van der Waals surface area contributed by atoms with E-state index in [0.29, 0.717) is 23.5 Å². The Morgan fingerprint density at radius 2 is 1.33 bits per heavy atom. The van der Waals surface area contributed by atoms with Gasteiger partial charge in [0.2, 0.25) is 0 Å². The first-order valence-electron chi connectivity index (χ1n) is 11.4. The summed E-state index contributed by atoms with van der Waals surface area (Å²) >= 11 is 0. The SMILES string of the molecule is CC=Cc1ccc(-c2ccc(-c3ccc(OC(=O)c4ccc(OCC)cc4F)cc3)c(F)c2F)cc1. The van der Waals surface area contributed by atoms with Gasteiger partial charge < -0.3 is 9.47 Å². The lowest BCUT2D eigenvalue weighted by Crippen LogP contribution is -2.11. The van der Waals surface area contributed by atoms with Gasteiger partial charge in [-0.2, -0.15) is 0 Å². The van der Waals surface area contributed by atoms with Crippen LogP contribution in [0.1, 0.15) is 29.8 Å². The monoisotopic (exact) mass is 488 g/mol. The van der Waals surface area contributed by atoms with Crippen molar-refractivity contribution in [1.29, 1.82) is 0 Å². The summed E-state index contributed by atoms with van der Waals surface area (Å²) in [4.78, 5) is 12.4. The van der Waals surface area contributed by atoms with Gasteiger partial charge in [-0.05, 0) is 54.8 Å². The van der Waals surface area contributed by atoms with Crippen LogP contribution in [0.3, 0.4) is 0 Å². The van der Waals surface area contributed by atoms with Crippen LogP contribution in [0.5, 0.6) is 11.5 Å². The first-order valence-corrected chi connectivity index (χ1v) is 11.4. The second-order valence-electron chi connectivity index (χ2n) is 7.90. The third-order valence-corrected chi connectivity index (χ3v) is 5.51.